The van der Waals surface area contributed by atoms with Gasteiger partial charge in [-0.25, -0.2) is 4.79 Å². The van der Waals surface area contributed by atoms with Crippen molar-refractivity contribution in [2.45, 2.75) is 77.4 Å². The molecule has 1 aliphatic carbocycles. The van der Waals surface area contributed by atoms with Gasteiger partial charge in [0.2, 0.25) is 11.8 Å². The molecule has 3 amide bonds. The highest BCUT2D eigenvalue weighted by atomic mass is 16.5. The molecule has 0 aromatic carbocycles. The van der Waals surface area contributed by atoms with E-state index in [4.69, 9.17) is 4.52 Å². The van der Waals surface area contributed by atoms with Gasteiger partial charge in [-0.15, -0.1) is 0 Å². The summed E-state index contributed by atoms with van der Waals surface area (Å²) in [5.41, 5.74) is 0. The fourth-order valence-corrected chi connectivity index (χ4v) is 3.92. The van der Waals surface area contributed by atoms with Crippen molar-refractivity contribution in [2.75, 3.05) is 26.2 Å². The van der Waals surface area contributed by atoms with Crippen molar-refractivity contribution in [2.24, 2.45) is 0 Å². The molecule has 29 heavy (non-hydrogen) atoms. The predicted octanol–water partition coefficient (Wildman–Crippen LogP) is 1.86. The normalized spacial score (nSPS) is 20.6. The first kappa shape index (κ1) is 21.7. The van der Waals surface area contributed by atoms with Crippen LogP contribution < -0.4 is 10.6 Å². The molecule has 1 aromatic heterocycles. The van der Waals surface area contributed by atoms with Crippen LogP contribution in [0.5, 0.6) is 0 Å². The topological polar surface area (TPSA) is 104 Å². The smallest absolute Gasteiger partial charge is 0.321 e. The second-order valence-electron chi connectivity index (χ2n) is 8.49. The number of aromatic nitrogens is 2. The van der Waals surface area contributed by atoms with E-state index in [1.54, 1.807) is 0 Å². The molecule has 1 atom stereocenters. The summed E-state index contributed by atoms with van der Waals surface area (Å²) in [7, 11) is 0. The number of carbonyl (C=O) groups is 2. The van der Waals surface area contributed by atoms with Crippen LogP contribution in [0.3, 0.4) is 0 Å². The number of nitrogens with zero attached hydrogens (tertiary/aromatic N) is 4. The summed E-state index contributed by atoms with van der Waals surface area (Å²) in [5.74, 6) is 1.37. The van der Waals surface area contributed by atoms with Gasteiger partial charge in [0.15, 0.2) is 5.82 Å². The number of carbonyl (C=O) groups excluding carboxylic acids is 2. The second kappa shape index (κ2) is 10.2. The maximum atomic E-state index is 12.5. The molecule has 1 saturated heterocycles. The average Bonchev–Trinajstić information content (AvgIpc) is 3.17. The number of hydrogen-bond donors (Lipinski definition) is 2. The number of rotatable bonds is 6. The molecule has 1 aliphatic heterocycles. The maximum absolute atomic E-state index is 12.5. The third-order valence-corrected chi connectivity index (χ3v) is 5.87. The van der Waals surface area contributed by atoms with Gasteiger partial charge in [-0.3, -0.25) is 19.9 Å². The lowest BCUT2D eigenvalue weighted by molar-refractivity contribution is -0.125. The third kappa shape index (κ3) is 6.24. The number of amides is 3. The summed E-state index contributed by atoms with van der Waals surface area (Å²) in [5, 5.41) is 9.44. The SMILES string of the molecule is CC(C)c1noc(CN2CCN(C(C)C(=O)NC(=O)NC3CCCCC3)CC2)n1. The van der Waals surface area contributed by atoms with Crippen LogP contribution in [0.15, 0.2) is 4.52 Å². The molecule has 1 aromatic rings. The highest BCUT2D eigenvalue weighted by Gasteiger charge is 2.28. The van der Waals surface area contributed by atoms with E-state index in [2.05, 4.69) is 30.6 Å². The Kier molecular flexibility index (Phi) is 7.60. The summed E-state index contributed by atoms with van der Waals surface area (Å²) in [4.78, 5) is 33.4. The highest BCUT2D eigenvalue weighted by Crippen LogP contribution is 2.17. The van der Waals surface area contributed by atoms with Crippen molar-refractivity contribution in [1.82, 2.24) is 30.6 Å². The lowest BCUT2D eigenvalue weighted by Crippen LogP contribution is -2.55. The second-order valence-corrected chi connectivity index (χ2v) is 8.49. The van der Waals surface area contributed by atoms with Gasteiger partial charge < -0.3 is 9.84 Å². The van der Waals surface area contributed by atoms with E-state index in [-0.39, 0.29) is 29.9 Å². The largest absolute Gasteiger partial charge is 0.338 e. The van der Waals surface area contributed by atoms with Crippen LogP contribution in [-0.4, -0.2) is 70.1 Å². The van der Waals surface area contributed by atoms with Crippen molar-refractivity contribution in [3.63, 3.8) is 0 Å². The van der Waals surface area contributed by atoms with E-state index in [0.29, 0.717) is 12.4 Å². The Hall–Kier alpha value is -2.00. The zero-order valence-corrected chi connectivity index (χ0v) is 17.8. The van der Waals surface area contributed by atoms with Gasteiger partial charge in [0, 0.05) is 38.1 Å². The van der Waals surface area contributed by atoms with Crippen LogP contribution in [0.1, 0.15) is 70.5 Å². The van der Waals surface area contributed by atoms with Gasteiger partial charge in [0.25, 0.3) is 0 Å². The van der Waals surface area contributed by atoms with Crippen molar-refractivity contribution in [1.29, 1.82) is 0 Å². The summed E-state index contributed by atoms with van der Waals surface area (Å²) in [6, 6.07) is -0.522. The Morgan fingerprint density at radius 3 is 2.41 bits per heavy atom. The maximum Gasteiger partial charge on any atom is 0.321 e. The molecule has 162 valence electrons. The highest BCUT2D eigenvalue weighted by molar-refractivity contribution is 5.96. The summed E-state index contributed by atoms with van der Waals surface area (Å²) < 4.78 is 5.32. The molecule has 1 unspecified atom stereocenters. The van der Waals surface area contributed by atoms with Crippen LogP contribution in [0.2, 0.25) is 0 Å². The van der Waals surface area contributed by atoms with Crippen molar-refractivity contribution < 1.29 is 14.1 Å². The molecule has 3 rings (SSSR count). The van der Waals surface area contributed by atoms with Crippen molar-refractivity contribution in [3.8, 4) is 0 Å². The Balaban J connectivity index is 1.39. The Bertz CT molecular complexity index is 678. The molecular formula is C20H34N6O3. The predicted molar refractivity (Wildman–Crippen MR) is 108 cm³/mol. The monoisotopic (exact) mass is 406 g/mol. The zero-order chi connectivity index (χ0) is 20.8. The minimum atomic E-state index is -0.371. The van der Waals surface area contributed by atoms with Gasteiger partial charge in [0.1, 0.15) is 0 Å². The van der Waals surface area contributed by atoms with E-state index in [1.807, 2.05) is 20.8 Å². The van der Waals surface area contributed by atoms with Crippen LogP contribution in [0.4, 0.5) is 4.79 Å². The van der Waals surface area contributed by atoms with Gasteiger partial charge in [-0.05, 0) is 19.8 Å². The Morgan fingerprint density at radius 2 is 1.79 bits per heavy atom. The number of piperazine rings is 1. The quantitative estimate of drug-likeness (QED) is 0.743. The summed E-state index contributed by atoms with van der Waals surface area (Å²) >= 11 is 0. The molecule has 2 heterocycles. The summed E-state index contributed by atoms with van der Waals surface area (Å²) in [6.45, 7) is 9.68. The van der Waals surface area contributed by atoms with Gasteiger partial charge in [-0.2, -0.15) is 4.98 Å². The molecule has 2 aliphatic rings. The number of hydrogen-bond acceptors (Lipinski definition) is 7. The first-order chi connectivity index (χ1) is 13.9. The number of nitrogens with one attached hydrogen (secondary N) is 2. The van der Waals surface area contributed by atoms with E-state index < -0.39 is 0 Å². The first-order valence-corrected chi connectivity index (χ1v) is 10.8. The van der Waals surface area contributed by atoms with Gasteiger partial charge >= 0.3 is 6.03 Å². The minimum Gasteiger partial charge on any atom is -0.338 e. The fraction of sp³-hybridized carbons (Fsp3) is 0.800. The van der Waals surface area contributed by atoms with Crippen LogP contribution in [-0.2, 0) is 11.3 Å². The lowest BCUT2D eigenvalue weighted by Gasteiger charge is -2.36. The number of urea groups is 1. The molecule has 9 heteroatoms. The summed E-state index contributed by atoms with van der Waals surface area (Å²) in [6.07, 6.45) is 5.51. The standard InChI is InChI=1S/C20H34N6O3/c1-14(2)18-22-17(29-24-18)13-25-9-11-26(12-10-25)15(3)19(27)23-20(28)21-16-7-5-4-6-8-16/h14-16H,4-13H2,1-3H3,(H2,21,23,27,28). The Labute approximate surface area is 172 Å². The zero-order valence-electron chi connectivity index (χ0n) is 17.8. The average molecular weight is 407 g/mol. The lowest BCUT2D eigenvalue weighted by atomic mass is 9.96. The van der Waals surface area contributed by atoms with Gasteiger partial charge in [-0.1, -0.05) is 38.3 Å². The third-order valence-electron chi connectivity index (χ3n) is 5.87. The Morgan fingerprint density at radius 1 is 1.10 bits per heavy atom. The van der Waals surface area contributed by atoms with Crippen LogP contribution in [0, 0.1) is 0 Å². The van der Waals surface area contributed by atoms with Crippen LogP contribution in [0.25, 0.3) is 0 Å². The molecule has 1 saturated carbocycles. The molecule has 0 bridgehead atoms. The van der Waals surface area contributed by atoms with Crippen molar-refractivity contribution in [3.05, 3.63) is 11.7 Å². The minimum absolute atomic E-state index is 0.191. The van der Waals surface area contributed by atoms with Crippen molar-refractivity contribution >= 4 is 11.9 Å². The van der Waals surface area contributed by atoms with E-state index in [9.17, 15) is 9.59 Å². The number of imide groups is 1. The molecule has 2 fully saturated rings. The van der Waals surface area contributed by atoms with E-state index >= 15 is 0 Å². The molecule has 2 N–H and O–H groups in total. The molecular weight excluding hydrogens is 372 g/mol. The van der Waals surface area contributed by atoms with Crippen LogP contribution >= 0.6 is 0 Å². The van der Waals surface area contributed by atoms with E-state index in [1.165, 1.54) is 6.42 Å². The molecule has 0 radical (unpaired) electrons. The molecule has 9 nitrogen and oxygen atoms in total. The fourth-order valence-electron chi connectivity index (χ4n) is 3.92. The molecule has 0 spiro atoms. The van der Waals surface area contributed by atoms with Gasteiger partial charge in [0.05, 0.1) is 12.6 Å². The first-order valence-electron chi connectivity index (χ1n) is 10.8. The van der Waals surface area contributed by atoms with E-state index in [0.717, 1.165) is 57.7 Å².